The second-order valence-corrected chi connectivity index (χ2v) is 4.30. The van der Waals surface area contributed by atoms with E-state index < -0.39 is 0 Å². The fourth-order valence-corrected chi connectivity index (χ4v) is 2.25. The SMILES string of the molecule is [C-]#[N+]c1cc[c-]c(N2CN(C)c3ccccc32)c1.[CH3-].[Rh+2]. The summed E-state index contributed by atoms with van der Waals surface area (Å²) < 4.78 is 0. The van der Waals surface area contributed by atoms with Crippen LogP contribution in [0, 0.1) is 20.1 Å². The van der Waals surface area contributed by atoms with Crippen LogP contribution in [0.25, 0.3) is 4.85 Å². The Balaban J connectivity index is 0.000001000. The van der Waals surface area contributed by atoms with E-state index >= 15 is 0 Å². The molecule has 1 heterocycles. The Kier molecular flexibility index (Phi) is 5.30. The van der Waals surface area contributed by atoms with Crippen molar-refractivity contribution in [2.24, 2.45) is 0 Å². The Morgan fingerprint density at radius 3 is 2.60 bits per heavy atom. The molecule has 4 heteroatoms. The predicted octanol–water partition coefficient (Wildman–Crippen LogP) is 4.03. The first kappa shape index (κ1) is 16.2. The number of hydrogen-bond donors (Lipinski definition) is 0. The van der Waals surface area contributed by atoms with E-state index in [-0.39, 0.29) is 26.9 Å². The Labute approximate surface area is 133 Å². The van der Waals surface area contributed by atoms with E-state index in [0.29, 0.717) is 5.69 Å². The standard InChI is InChI=1S/C15H12N3.CH3.Rh/c1-16-12-6-5-7-13(10-12)18-11-17(2)14-8-3-4-9-15(14)18;;/h3-6,8-10H,11H2,2H3;1H3;/q2*-1;+2. The summed E-state index contributed by atoms with van der Waals surface area (Å²) in [5.41, 5.74) is 3.97. The predicted molar refractivity (Wildman–Crippen MR) is 79.8 cm³/mol. The van der Waals surface area contributed by atoms with Gasteiger partial charge in [0.25, 0.3) is 0 Å². The molecule has 1 aliphatic heterocycles. The molecule has 0 aliphatic carbocycles. The maximum absolute atomic E-state index is 7.08. The number of nitrogens with zero attached hydrogens (tertiary/aromatic N) is 3. The molecular weight excluding hydrogens is 337 g/mol. The van der Waals surface area contributed by atoms with Gasteiger partial charge >= 0.3 is 19.5 Å². The number of rotatable bonds is 1. The van der Waals surface area contributed by atoms with Gasteiger partial charge < -0.3 is 17.2 Å². The fraction of sp³-hybridized carbons (Fsp3) is 0.125. The number of hydrogen-bond acceptors (Lipinski definition) is 2. The summed E-state index contributed by atoms with van der Waals surface area (Å²) in [5.74, 6) is 0. The molecule has 1 radical (unpaired) electrons. The number of anilines is 3. The Hall–Kier alpha value is -1.85. The molecular formula is C16H15N3Rh. The first-order valence-corrected chi connectivity index (χ1v) is 5.76. The van der Waals surface area contributed by atoms with Gasteiger partial charge in [-0.05, 0) is 12.1 Å². The van der Waals surface area contributed by atoms with Gasteiger partial charge in [0.2, 0.25) is 0 Å². The Morgan fingerprint density at radius 2 is 1.90 bits per heavy atom. The van der Waals surface area contributed by atoms with Crippen LogP contribution in [-0.4, -0.2) is 13.7 Å². The average molecular weight is 352 g/mol. The first-order valence-electron chi connectivity index (χ1n) is 5.76. The van der Waals surface area contributed by atoms with Gasteiger partial charge in [0.15, 0.2) is 0 Å². The zero-order valence-corrected chi connectivity index (χ0v) is 13.1. The van der Waals surface area contributed by atoms with E-state index in [9.17, 15) is 0 Å². The van der Waals surface area contributed by atoms with Gasteiger partial charge in [-0.15, -0.1) is 6.07 Å². The quantitative estimate of drug-likeness (QED) is 0.567. The maximum Gasteiger partial charge on any atom is 2.00 e. The molecule has 0 amide bonds. The second-order valence-electron chi connectivity index (χ2n) is 4.30. The molecule has 0 unspecified atom stereocenters. The second kappa shape index (κ2) is 6.54. The summed E-state index contributed by atoms with van der Waals surface area (Å²) in [6.07, 6.45) is 0. The van der Waals surface area contributed by atoms with Crippen molar-refractivity contribution in [1.29, 1.82) is 0 Å². The molecule has 0 bridgehead atoms. The molecule has 0 spiro atoms. The third-order valence-electron chi connectivity index (χ3n) is 3.13. The van der Waals surface area contributed by atoms with E-state index in [1.165, 1.54) is 11.4 Å². The number of benzene rings is 2. The van der Waals surface area contributed by atoms with E-state index in [0.717, 1.165) is 12.4 Å². The minimum atomic E-state index is 0. The van der Waals surface area contributed by atoms with Crippen LogP contribution < -0.4 is 9.80 Å². The molecule has 0 atom stereocenters. The van der Waals surface area contributed by atoms with Gasteiger partial charge in [0.05, 0.1) is 30.3 Å². The summed E-state index contributed by atoms with van der Waals surface area (Å²) in [5, 5.41) is 0. The van der Waals surface area contributed by atoms with Gasteiger partial charge in [-0.2, -0.15) is 18.2 Å². The molecule has 103 valence electrons. The van der Waals surface area contributed by atoms with Crippen LogP contribution >= 0.6 is 0 Å². The molecule has 0 saturated carbocycles. The minimum Gasteiger partial charge on any atom is -0.358 e. The monoisotopic (exact) mass is 352 g/mol. The van der Waals surface area contributed by atoms with Crippen molar-refractivity contribution in [2.45, 2.75) is 0 Å². The fourth-order valence-electron chi connectivity index (χ4n) is 2.25. The van der Waals surface area contributed by atoms with E-state index in [4.69, 9.17) is 6.57 Å². The van der Waals surface area contributed by atoms with E-state index in [2.05, 4.69) is 39.9 Å². The van der Waals surface area contributed by atoms with Gasteiger partial charge in [-0.3, -0.25) is 4.85 Å². The zero-order valence-electron chi connectivity index (χ0n) is 11.4. The van der Waals surface area contributed by atoms with Crippen molar-refractivity contribution in [3.63, 3.8) is 0 Å². The summed E-state index contributed by atoms with van der Waals surface area (Å²) in [4.78, 5) is 7.83. The molecule has 2 aromatic carbocycles. The molecule has 0 saturated heterocycles. The molecule has 3 nitrogen and oxygen atoms in total. The summed E-state index contributed by atoms with van der Waals surface area (Å²) in [6.45, 7) is 7.87. The third-order valence-corrected chi connectivity index (χ3v) is 3.13. The van der Waals surface area contributed by atoms with Gasteiger partial charge in [-0.25, -0.2) is 0 Å². The van der Waals surface area contributed by atoms with Crippen molar-refractivity contribution >= 4 is 22.7 Å². The van der Waals surface area contributed by atoms with Crippen molar-refractivity contribution in [3.8, 4) is 0 Å². The van der Waals surface area contributed by atoms with Gasteiger partial charge in [0, 0.05) is 7.05 Å². The van der Waals surface area contributed by atoms with E-state index in [1.807, 2.05) is 24.3 Å². The Bertz CT molecular complexity index is 634. The topological polar surface area (TPSA) is 10.8 Å². The summed E-state index contributed by atoms with van der Waals surface area (Å²) in [6, 6.07) is 16.9. The van der Waals surface area contributed by atoms with Crippen molar-refractivity contribution < 1.29 is 19.5 Å². The molecule has 0 N–H and O–H groups in total. The normalized spacial score (nSPS) is 12.0. The minimum absolute atomic E-state index is 0. The molecule has 0 fully saturated rings. The van der Waals surface area contributed by atoms with Gasteiger partial charge in [-0.1, -0.05) is 17.8 Å². The number of fused-ring (bicyclic) bond motifs is 1. The smallest absolute Gasteiger partial charge is 0.358 e. The van der Waals surface area contributed by atoms with Crippen molar-refractivity contribution in [2.75, 3.05) is 23.5 Å². The van der Waals surface area contributed by atoms with Crippen LogP contribution in [0.4, 0.5) is 22.7 Å². The summed E-state index contributed by atoms with van der Waals surface area (Å²) in [7, 11) is 2.07. The van der Waals surface area contributed by atoms with Crippen molar-refractivity contribution in [3.05, 3.63) is 67.4 Å². The van der Waals surface area contributed by atoms with Gasteiger partial charge in [0.1, 0.15) is 0 Å². The van der Waals surface area contributed by atoms with Crippen LogP contribution in [0.3, 0.4) is 0 Å². The van der Waals surface area contributed by atoms with E-state index in [1.54, 1.807) is 6.07 Å². The van der Waals surface area contributed by atoms with Crippen LogP contribution in [0.1, 0.15) is 0 Å². The molecule has 2 aromatic rings. The first-order chi connectivity index (χ1) is 8.79. The molecule has 0 aromatic heterocycles. The molecule has 20 heavy (non-hydrogen) atoms. The maximum atomic E-state index is 7.08. The molecule has 1 aliphatic rings. The molecule has 3 rings (SSSR count). The average Bonchev–Trinajstić information content (AvgIpc) is 2.77. The van der Waals surface area contributed by atoms with Crippen molar-refractivity contribution in [1.82, 2.24) is 0 Å². The zero-order chi connectivity index (χ0) is 12.5. The van der Waals surface area contributed by atoms with Crippen LogP contribution in [0.5, 0.6) is 0 Å². The van der Waals surface area contributed by atoms with Crippen LogP contribution in [-0.2, 0) is 19.5 Å². The third kappa shape index (κ3) is 2.69. The largest absolute Gasteiger partial charge is 2.00 e. The Morgan fingerprint density at radius 1 is 1.20 bits per heavy atom. The number of para-hydroxylation sites is 2. The van der Waals surface area contributed by atoms with Crippen LogP contribution in [0.2, 0.25) is 0 Å². The summed E-state index contributed by atoms with van der Waals surface area (Å²) >= 11 is 0. The van der Waals surface area contributed by atoms with Crippen LogP contribution in [0.15, 0.2) is 42.5 Å².